The lowest BCUT2D eigenvalue weighted by molar-refractivity contribution is 0.112. The molecule has 1 fully saturated rings. The summed E-state index contributed by atoms with van der Waals surface area (Å²) in [7, 11) is 0. The molecule has 1 aliphatic rings. The minimum Gasteiger partial charge on any atom is -0.310 e. The molecule has 2 atom stereocenters. The van der Waals surface area contributed by atoms with Crippen LogP contribution in [0.25, 0.3) is 0 Å². The molecule has 15 heavy (non-hydrogen) atoms. The van der Waals surface area contributed by atoms with Gasteiger partial charge in [0.25, 0.3) is 0 Å². The Kier molecular flexibility index (Phi) is 3.17. The number of nitrogens with one attached hydrogen (secondary N) is 1. The van der Waals surface area contributed by atoms with Gasteiger partial charge in [-0.2, -0.15) is 0 Å². The molecule has 2 unspecified atom stereocenters. The lowest BCUT2D eigenvalue weighted by Crippen LogP contribution is -2.31. The Morgan fingerprint density at radius 2 is 2.27 bits per heavy atom. The van der Waals surface area contributed by atoms with Crippen molar-refractivity contribution in [2.75, 3.05) is 6.54 Å². The smallest absolute Gasteiger partial charge is 0.150 e. The van der Waals surface area contributed by atoms with Gasteiger partial charge >= 0.3 is 0 Å². The van der Waals surface area contributed by atoms with E-state index in [4.69, 9.17) is 0 Å². The van der Waals surface area contributed by atoms with Crippen LogP contribution < -0.4 is 5.32 Å². The molecular weight excluding hydrogens is 186 g/mol. The zero-order valence-electron chi connectivity index (χ0n) is 9.07. The molecule has 0 aliphatic carbocycles. The van der Waals surface area contributed by atoms with Crippen LogP contribution in [-0.4, -0.2) is 12.8 Å². The van der Waals surface area contributed by atoms with Crippen LogP contribution in [-0.2, 0) is 0 Å². The molecule has 2 rings (SSSR count). The number of piperidine rings is 1. The Balaban J connectivity index is 2.11. The molecule has 2 heteroatoms. The quantitative estimate of drug-likeness (QED) is 0.748. The van der Waals surface area contributed by atoms with Crippen molar-refractivity contribution in [3.63, 3.8) is 0 Å². The molecule has 1 aromatic carbocycles. The average molecular weight is 203 g/mol. The number of benzene rings is 1. The second-order valence-electron chi connectivity index (χ2n) is 4.43. The van der Waals surface area contributed by atoms with Crippen molar-refractivity contribution in [1.82, 2.24) is 5.32 Å². The topological polar surface area (TPSA) is 29.1 Å². The number of hydrogen-bond acceptors (Lipinski definition) is 2. The van der Waals surface area contributed by atoms with Gasteiger partial charge in [0, 0.05) is 11.6 Å². The number of carbonyl (C=O) groups excluding carboxylic acids is 1. The first kappa shape index (κ1) is 10.4. The highest BCUT2D eigenvalue weighted by molar-refractivity contribution is 5.75. The molecule has 0 saturated carbocycles. The summed E-state index contributed by atoms with van der Waals surface area (Å²) in [5, 5.41) is 3.52. The van der Waals surface area contributed by atoms with Gasteiger partial charge in [0.05, 0.1) is 0 Å². The summed E-state index contributed by atoms with van der Waals surface area (Å²) in [5.74, 6) is 0.774. The number of aldehydes is 1. The molecule has 0 amide bonds. The van der Waals surface area contributed by atoms with E-state index in [0.29, 0.717) is 6.04 Å². The molecule has 0 spiro atoms. The molecule has 1 aromatic rings. The molecule has 1 N–H and O–H groups in total. The van der Waals surface area contributed by atoms with E-state index in [1.165, 1.54) is 18.4 Å². The van der Waals surface area contributed by atoms with Crippen molar-refractivity contribution in [1.29, 1.82) is 0 Å². The molecule has 2 nitrogen and oxygen atoms in total. The fourth-order valence-electron chi connectivity index (χ4n) is 2.13. The Morgan fingerprint density at radius 3 is 2.93 bits per heavy atom. The highest BCUT2D eigenvalue weighted by atomic mass is 16.1. The first-order valence-electron chi connectivity index (χ1n) is 5.58. The second-order valence-corrected chi connectivity index (χ2v) is 4.43. The summed E-state index contributed by atoms with van der Waals surface area (Å²) >= 11 is 0. The van der Waals surface area contributed by atoms with Crippen LogP contribution in [0.15, 0.2) is 24.3 Å². The lowest BCUT2D eigenvalue weighted by Gasteiger charge is -2.28. The Morgan fingerprint density at radius 1 is 1.40 bits per heavy atom. The molecule has 0 radical (unpaired) electrons. The van der Waals surface area contributed by atoms with E-state index in [9.17, 15) is 4.79 Å². The van der Waals surface area contributed by atoms with E-state index in [0.717, 1.165) is 24.3 Å². The SMILES string of the molecule is CC1CCC(c2cccc(C=O)c2)NC1. The maximum Gasteiger partial charge on any atom is 0.150 e. The van der Waals surface area contributed by atoms with Crippen molar-refractivity contribution in [2.24, 2.45) is 5.92 Å². The molecule has 0 bridgehead atoms. The van der Waals surface area contributed by atoms with Crippen molar-refractivity contribution in [2.45, 2.75) is 25.8 Å². The normalized spacial score (nSPS) is 26.2. The minimum atomic E-state index is 0.432. The summed E-state index contributed by atoms with van der Waals surface area (Å²) < 4.78 is 0. The largest absolute Gasteiger partial charge is 0.310 e. The van der Waals surface area contributed by atoms with Gasteiger partial charge in [0.2, 0.25) is 0 Å². The minimum absolute atomic E-state index is 0.432. The average Bonchev–Trinajstić information content (AvgIpc) is 2.30. The third-order valence-corrected chi connectivity index (χ3v) is 3.11. The van der Waals surface area contributed by atoms with Crippen molar-refractivity contribution >= 4 is 6.29 Å². The van der Waals surface area contributed by atoms with Gasteiger partial charge in [0.15, 0.2) is 0 Å². The molecule has 1 aliphatic heterocycles. The zero-order chi connectivity index (χ0) is 10.7. The Labute approximate surface area is 90.7 Å². The summed E-state index contributed by atoms with van der Waals surface area (Å²) in [5.41, 5.74) is 2.01. The predicted molar refractivity (Wildman–Crippen MR) is 61.0 cm³/mol. The molecule has 80 valence electrons. The zero-order valence-corrected chi connectivity index (χ0v) is 9.07. The fraction of sp³-hybridized carbons (Fsp3) is 0.462. The third-order valence-electron chi connectivity index (χ3n) is 3.11. The van der Waals surface area contributed by atoms with Gasteiger partial charge in [-0.25, -0.2) is 0 Å². The number of rotatable bonds is 2. The van der Waals surface area contributed by atoms with E-state index >= 15 is 0 Å². The van der Waals surface area contributed by atoms with E-state index < -0.39 is 0 Å². The monoisotopic (exact) mass is 203 g/mol. The molecular formula is C13H17NO. The van der Waals surface area contributed by atoms with Gasteiger partial charge < -0.3 is 5.32 Å². The van der Waals surface area contributed by atoms with E-state index in [2.05, 4.69) is 18.3 Å². The Bertz CT molecular complexity index is 340. The van der Waals surface area contributed by atoms with Crippen molar-refractivity contribution in [3.05, 3.63) is 35.4 Å². The van der Waals surface area contributed by atoms with E-state index in [-0.39, 0.29) is 0 Å². The van der Waals surface area contributed by atoms with Crippen molar-refractivity contribution in [3.8, 4) is 0 Å². The highest BCUT2D eigenvalue weighted by Gasteiger charge is 2.18. The third kappa shape index (κ3) is 2.45. The highest BCUT2D eigenvalue weighted by Crippen LogP contribution is 2.25. The van der Waals surface area contributed by atoms with Gasteiger partial charge in [-0.05, 0) is 36.9 Å². The summed E-state index contributed by atoms with van der Waals surface area (Å²) in [6.07, 6.45) is 3.35. The lowest BCUT2D eigenvalue weighted by atomic mass is 9.91. The van der Waals surface area contributed by atoms with Crippen molar-refractivity contribution < 1.29 is 4.79 Å². The summed E-state index contributed by atoms with van der Waals surface area (Å²) in [6.45, 7) is 3.35. The van der Waals surface area contributed by atoms with Crippen LogP contribution >= 0.6 is 0 Å². The number of carbonyl (C=O) groups is 1. The maximum absolute atomic E-state index is 10.7. The van der Waals surface area contributed by atoms with E-state index in [1.807, 2.05) is 18.2 Å². The van der Waals surface area contributed by atoms with Crippen LogP contribution in [0.1, 0.15) is 41.7 Å². The summed E-state index contributed by atoms with van der Waals surface area (Å²) in [6, 6.07) is 8.32. The number of hydrogen-bond donors (Lipinski definition) is 1. The van der Waals surface area contributed by atoms with Crippen LogP contribution in [0.3, 0.4) is 0 Å². The van der Waals surface area contributed by atoms with Crippen LogP contribution in [0.5, 0.6) is 0 Å². The molecule has 1 saturated heterocycles. The van der Waals surface area contributed by atoms with Gasteiger partial charge in [-0.15, -0.1) is 0 Å². The predicted octanol–water partition coefficient (Wildman–Crippen LogP) is 2.56. The molecule has 0 aromatic heterocycles. The fourth-order valence-corrected chi connectivity index (χ4v) is 2.13. The Hall–Kier alpha value is -1.15. The van der Waals surface area contributed by atoms with Crippen LogP contribution in [0.4, 0.5) is 0 Å². The second kappa shape index (κ2) is 4.58. The maximum atomic E-state index is 10.7. The van der Waals surface area contributed by atoms with Gasteiger partial charge in [-0.3, -0.25) is 4.79 Å². The van der Waals surface area contributed by atoms with Gasteiger partial charge in [0.1, 0.15) is 6.29 Å². The van der Waals surface area contributed by atoms with Gasteiger partial charge in [-0.1, -0.05) is 25.1 Å². The molecule has 1 heterocycles. The van der Waals surface area contributed by atoms with E-state index in [1.54, 1.807) is 0 Å². The standard InChI is InChI=1S/C13H17NO/c1-10-5-6-13(14-8-10)12-4-2-3-11(7-12)9-15/h2-4,7,9-10,13-14H,5-6,8H2,1H3. The van der Waals surface area contributed by atoms with Crippen LogP contribution in [0.2, 0.25) is 0 Å². The first-order valence-corrected chi connectivity index (χ1v) is 5.58. The first-order chi connectivity index (χ1) is 7.29. The van der Waals surface area contributed by atoms with Crippen LogP contribution in [0, 0.1) is 5.92 Å². The summed E-state index contributed by atoms with van der Waals surface area (Å²) in [4.78, 5) is 10.7.